The third kappa shape index (κ3) is 4.25. The molecule has 0 radical (unpaired) electrons. The summed E-state index contributed by atoms with van der Waals surface area (Å²) in [6, 6.07) is 7.37. The highest BCUT2D eigenvalue weighted by atomic mass is 35.5. The Morgan fingerprint density at radius 2 is 1.86 bits per heavy atom. The van der Waals surface area contributed by atoms with Crippen molar-refractivity contribution < 1.29 is 14.3 Å². The molecule has 2 N–H and O–H groups in total. The number of nitrogens with zero attached hydrogens (tertiary/aromatic N) is 1. The molecule has 118 valence electrons. The van der Waals surface area contributed by atoms with E-state index in [1.807, 2.05) is 24.3 Å². The van der Waals surface area contributed by atoms with Gasteiger partial charge in [0, 0.05) is 7.05 Å². The van der Waals surface area contributed by atoms with Crippen molar-refractivity contribution in [3.05, 3.63) is 24.3 Å². The molecule has 6 heteroatoms. The molecule has 0 bridgehead atoms. The Morgan fingerprint density at radius 1 is 1.29 bits per heavy atom. The highest BCUT2D eigenvalue weighted by Gasteiger charge is 2.41. The largest absolute Gasteiger partial charge is 0.497 e. The third-order valence-electron chi connectivity index (χ3n) is 3.77. The molecule has 21 heavy (non-hydrogen) atoms. The lowest BCUT2D eigenvalue weighted by molar-refractivity contribution is -0.139. The van der Waals surface area contributed by atoms with Crippen LogP contribution in [-0.4, -0.2) is 43.7 Å². The van der Waals surface area contributed by atoms with Crippen molar-refractivity contribution in [3.8, 4) is 11.5 Å². The zero-order valence-corrected chi connectivity index (χ0v) is 13.3. The maximum atomic E-state index is 12.1. The predicted octanol–water partition coefficient (Wildman–Crippen LogP) is 1.84. The van der Waals surface area contributed by atoms with Gasteiger partial charge in [0.2, 0.25) is 5.91 Å². The Morgan fingerprint density at radius 3 is 2.33 bits per heavy atom. The lowest BCUT2D eigenvalue weighted by Crippen LogP contribution is -2.59. The first kappa shape index (κ1) is 17.6. The topological polar surface area (TPSA) is 64.8 Å². The van der Waals surface area contributed by atoms with Gasteiger partial charge in [-0.2, -0.15) is 0 Å². The first-order valence-corrected chi connectivity index (χ1v) is 6.86. The van der Waals surface area contributed by atoms with E-state index in [-0.39, 0.29) is 18.3 Å². The van der Waals surface area contributed by atoms with Crippen LogP contribution < -0.4 is 15.2 Å². The molecule has 2 rings (SSSR count). The number of carbonyl (C=O) groups is 1. The highest BCUT2D eigenvalue weighted by Crippen LogP contribution is 2.30. The van der Waals surface area contributed by atoms with E-state index in [0.29, 0.717) is 13.2 Å². The molecule has 1 aromatic carbocycles. The molecule has 1 saturated carbocycles. The van der Waals surface area contributed by atoms with Crippen molar-refractivity contribution in [2.75, 3.05) is 27.3 Å². The molecule has 0 aromatic heterocycles. The number of nitrogens with two attached hydrogens (primary N) is 1. The van der Waals surface area contributed by atoms with Gasteiger partial charge in [0.05, 0.1) is 19.2 Å². The number of amides is 1. The normalized spacial score (nSPS) is 15.4. The molecule has 5 nitrogen and oxygen atoms in total. The fraction of sp³-hybridized carbons (Fsp3) is 0.533. The molecule has 1 aromatic rings. The van der Waals surface area contributed by atoms with Gasteiger partial charge in [0.1, 0.15) is 18.1 Å². The molecule has 1 aliphatic rings. The van der Waals surface area contributed by atoms with Gasteiger partial charge < -0.3 is 20.1 Å². The van der Waals surface area contributed by atoms with Crippen molar-refractivity contribution in [2.24, 2.45) is 5.73 Å². The lowest BCUT2D eigenvalue weighted by Gasteiger charge is -2.39. The molecule has 1 aliphatic carbocycles. The van der Waals surface area contributed by atoms with Crippen LogP contribution in [-0.2, 0) is 4.79 Å². The van der Waals surface area contributed by atoms with Crippen LogP contribution in [0.15, 0.2) is 24.3 Å². The summed E-state index contributed by atoms with van der Waals surface area (Å²) in [5.74, 6) is 1.57. The Labute approximate surface area is 131 Å². The number of hydrogen-bond donors (Lipinski definition) is 1. The molecular weight excluding hydrogens is 292 g/mol. The molecule has 0 aliphatic heterocycles. The summed E-state index contributed by atoms with van der Waals surface area (Å²) in [6.07, 6.45) is 2.61. The average Bonchev–Trinajstić information content (AvgIpc) is 2.44. The van der Waals surface area contributed by atoms with Crippen molar-refractivity contribution in [3.63, 3.8) is 0 Å². The lowest BCUT2D eigenvalue weighted by atomic mass is 9.77. The first-order chi connectivity index (χ1) is 9.55. The molecule has 0 saturated heterocycles. The Balaban J connectivity index is 0.00000220. The molecule has 0 heterocycles. The Hall–Kier alpha value is -1.46. The van der Waals surface area contributed by atoms with Crippen LogP contribution in [0.5, 0.6) is 11.5 Å². The minimum Gasteiger partial charge on any atom is -0.497 e. The fourth-order valence-electron chi connectivity index (χ4n) is 2.23. The summed E-state index contributed by atoms with van der Waals surface area (Å²) < 4.78 is 10.7. The smallest absolute Gasteiger partial charge is 0.242 e. The van der Waals surface area contributed by atoms with E-state index in [0.717, 1.165) is 30.8 Å². The van der Waals surface area contributed by atoms with Crippen LogP contribution in [0.2, 0.25) is 0 Å². The summed E-state index contributed by atoms with van der Waals surface area (Å²) in [7, 11) is 3.40. The van der Waals surface area contributed by atoms with Crippen LogP contribution in [0.1, 0.15) is 19.3 Å². The SMILES string of the molecule is COc1ccc(OCCN(C)C(=O)C2(N)CCC2)cc1.Cl. The van der Waals surface area contributed by atoms with Crippen molar-refractivity contribution in [1.82, 2.24) is 4.90 Å². The zero-order chi connectivity index (χ0) is 14.6. The molecule has 1 amide bonds. The van der Waals surface area contributed by atoms with Crippen molar-refractivity contribution >= 4 is 18.3 Å². The van der Waals surface area contributed by atoms with Gasteiger partial charge in [0.15, 0.2) is 0 Å². The summed E-state index contributed by atoms with van der Waals surface area (Å²) in [6.45, 7) is 0.981. The molecule has 0 atom stereocenters. The number of carbonyl (C=O) groups excluding carboxylic acids is 1. The van der Waals surface area contributed by atoms with Crippen LogP contribution in [0, 0.1) is 0 Å². The monoisotopic (exact) mass is 314 g/mol. The van der Waals surface area contributed by atoms with Gasteiger partial charge in [0.25, 0.3) is 0 Å². The summed E-state index contributed by atoms with van der Waals surface area (Å²) in [5.41, 5.74) is 5.39. The van der Waals surface area contributed by atoms with Gasteiger partial charge in [-0.25, -0.2) is 0 Å². The maximum Gasteiger partial charge on any atom is 0.242 e. The summed E-state index contributed by atoms with van der Waals surface area (Å²) in [5, 5.41) is 0. The Kier molecular flexibility index (Phi) is 6.30. The van der Waals surface area contributed by atoms with E-state index in [1.54, 1.807) is 19.1 Å². The van der Waals surface area contributed by atoms with E-state index in [1.165, 1.54) is 0 Å². The van der Waals surface area contributed by atoms with Gasteiger partial charge in [-0.1, -0.05) is 0 Å². The second kappa shape index (κ2) is 7.52. The minimum absolute atomic E-state index is 0. The summed E-state index contributed by atoms with van der Waals surface area (Å²) >= 11 is 0. The highest BCUT2D eigenvalue weighted by molar-refractivity contribution is 5.86. The maximum absolute atomic E-state index is 12.1. The van der Waals surface area contributed by atoms with E-state index >= 15 is 0 Å². The van der Waals surface area contributed by atoms with Crippen LogP contribution in [0.25, 0.3) is 0 Å². The standard InChI is InChI=1S/C15H22N2O3.ClH/c1-17(14(18)15(16)8-3-9-15)10-11-20-13-6-4-12(19-2)5-7-13;/h4-7H,3,8-11,16H2,1-2H3;1H. The van der Waals surface area contributed by atoms with E-state index in [9.17, 15) is 4.79 Å². The second-order valence-electron chi connectivity index (χ2n) is 5.26. The van der Waals surface area contributed by atoms with Crippen LogP contribution in [0.4, 0.5) is 0 Å². The third-order valence-corrected chi connectivity index (χ3v) is 3.77. The van der Waals surface area contributed by atoms with Crippen LogP contribution in [0.3, 0.4) is 0 Å². The number of benzene rings is 1. The molecule has 1 fully saturated rings. The van der Waals surface area contributed by atoms with Gasteiger partial charge >= 0.3 is 0 Å². The minimum atomic E-state index is -0.630. The summed E-state index contributed by atoms with van der Waals surface area (Å²) in [4.78, 5) is 13.8. The molecule has 0 spiro atoms. The zero-order valence-electron chi connectivity index (χ0n) is 12.5. The van der Waals surface area contributed by atoms with Gasteiger partial charge in [-0.05, 0) is 43.5 Å². The number of methoxy groups -OCH3 is 1. The van der Waals surface area contributed by atoms with Gasteiger partial charge in [-0.3, -0.25) is 4.79 Å². The number of rotatable bonds is 6. The average molecular weight is 315 g/mol. The van der Waals surface area contributed by atoms with E-state index < -0.39 is 5.54 Å². The predicted molar refractivity (Wildman–Crippen MR) is 84.1 cm³/mol. The number of likely N-dealkylation sites (N-methyl/N-ethyl adjacent to an activating group) is 1. The number of hydrogen-bond acceptors (Lipinski definition) is 4. The quantitative estimate of drug-likeness (QED) is 0.870. The van der Waals surface area contributed by atoms with E-state index in [2.05, 4.69) is 0 Å². The molecule has 0 unspecified atom stereocenters. The van der Waals surface area contributed by atoms with Crippen LogP contribution >= 0.6 is 12.4 Å². The second-order valence-corrected chi connectivity index (χ2v) is 5.26. The van der Waals surface area contributed by atoms with Gasteiger partial charge in [-0.15, -0.1) is 12.4 Å². The van der Waals surface area contributed by atoms with Crippen molar-refractivity contribution in [1.29, 1.82) is 0 Å². The Bertz CT molecular complexity index is 460. The fourth-order valence-corrected chi connectivity index (χ4v) is 2.23. The number of halogens is 1. The van der Waals surface area contributed by atoms with Crippen molar-refractivity contribution in [2.45, 2.75) is 24.8 Å². The number of ether oxygens (including phenoxy) is 2. The molecular formula is C15H23ClN2O3. The van der Waals surface area contributed by atoms with E-state index in [4.69, 9.17) is 15.2 Å². The first-order valence-electron chi connectivity index (χ1n) is 6.86.